The second-order valence-corrected chi connectivity index (χ2v) is 16.5. The molecule has 1 saturated heterocycles. The van der Waals surface area contributed by atoms with Crippen LogP contribution in [0.4, 0.5) is 4.79 Å². The van der Waals surface area contributed by atoms with Crippen molar-refractivity contribution in [1.82, 2.24) is 20.9 Å². The summed E-state index contributed by atoms with van der Waals surface area (Å²) < 4.78 is 11.1. The molecule has 1 aliphatic rings. The fourth-order valence-electron chi connectivity index (χ4n) is 7.70. The predicted octanol–water partition coefficient (Wildman–Crippen LogP) is 5.51. The van der Waals surface area contributed by atoms with Crippen molar-refractivity contribution < 1.29 is 48.8 Å². The van der Waals surface area contributed by atoms with Gasteiger partial charge in [0.15, 0.2) is 5.78 Å². The Hall–Kier alpha value is -3.63. The van der Waals surface area contributed by atoms with Gasteiger partial charge in [0.1, 0.15) is 31.3 Å². The number of hydrogen-bond donors (Lipinski definition) is 7. The van der Waals surface area contributed by atoms with E-state index in [4.69, 9.17) is 15.2 Å². The van der Waals surface area contributed by atoms with Crippen molar-refractivity contribution in [1.29, 1.82) is 0 Å². The molecule has 1 aromatic rings. The molecular formula is C46H79N5O10. The molecule has 348 valence electrons. The van der Waals surface area contributed by atoms with E-state index in [0.717, 1.165) is 56.9 Å². The van der Waals surface area contributed by atoms with Crippen LogP contribution in [0.5, 0.6) is 0 Å². The molecule has 2 rings (SSSR count). The SMILES string of the molecule is CCCCCCCCCCCCCCN(C(=O)CCCCCCCCCCC)[C@]1(N)O[C@H](CO)[C@@H](O)[C@H](O)[C@H]1C(=O)CNC(=O)CNC(=O)CNC(=O)OCc1ccccc1. The molecule has 0 bridgehead atoms. The van der Waals surface area contributed by atoms with Gasteiger partial charge in [-0.2, -0.15) is 0 Å². The van der Waals surface area contributed by atoms with Gasteiger partial charge in [0.25, 0.3) is 0 Å². The van der Waals surface area contributed by atoms with Gasteiger partial charge in [-0.1, -0.05) is 166 Å². The summed E-state index contributed by atoms with van der Waals surface area (Å²) in [5.74, 6) is -6.55. The number of alkyl carbamates (subject to hydrolysis) is 1. The molecule has 1 heterocycles. The van der Waals surface area contributed by atoms with E-state index in [1.54, 1.807) is 24.3 Å². The Morgan fingerprint density at radius 3 is 1.67 bits per heavy atom. The fraction of sp³-hybridized carbons (Fsp3) is 0.761. The molecule has 1 aliphatic heterocycles. The van der Waals surface area contributed by atoms with Crippen LogP contribution in [0.25, 0.3) is 0 Å². The second-order valence-electron chi connectivity index (χ2n) is 16.5. The molecule has 8 N–H and O–H groups in total. The average molecular weight is 862 g/mol. The van der Waals surface area contributed by atoms with Gasteiger partial charge < -0.3 is 45.6 Å². The number of rotatable bonds is 34. The number of hydrogen-bond acceptors (Lipinski definition) is 11. The monoisotopic (exact) mass is 862 g/mol. The van der Waals surface area contributed by atoms with Crippen LogP contribution in [0.1, 0.15) is 161 Å². The molecule has 0 aromatic heterocycles. The second kappa shape index (κ2) is 32.1. The lowest BCUT2D eigenvalue weighted by atomic mass is 9.82. The summed E-state index contributed by atoms with van der Waals surface area (Å²) in [7, 11) is 0. The van der Waals surface area contributed by atoms with E-state index < -0.39 is 80.0 Å². The molecule has 15 heteroatoms. The Balaban J connectivity index is 2.03. The highest BCUT2D eigenvalue weighted by molar-refractivity contribution is 5.91. The Bertz CT molecular complexity index is 1390. The number of carbonyl (C=O) groups excluding carboxylic acids is 5. The summed E-state index contributed by atoms with van der Waals surface area (Å²) in [6, 6.07) is 8.98. The van der Waals surface area contributed by atoms with Crippen molar-refractivity contribution in [2.75, 3.05) is 32.8 Å². The molecule has 61 heavy (non-hydrogen) atoms. The third-order valence-corrected chi connectivity index (χ3v) is 11.3. The van der Waals surface area contributed by atoms with E-state index in [9.17, 15) is 39.3 Å². The van der Waals surface area contributed by atoms with Crippen LogP contribution < -0.4 is 21.7 Å². The zero-order chi connectivity index (χ0) is 44.7. The van der Waals surface area contributed by atoms with E-state index >= 15 is 0 Å². The smallest absolute Gasteiger partial charge is 0.407 e. The number of ether oxygens (including phenoxy) is 2. The predicted molar refractivity (Wildman–Crippen MR) is 235 cm³/mol. The average Bonchev–Trinajstić information content (AvgIpc) is 3.26. The molecule has 5 atom stereocenters. The van der Waals surface area contributed by atoms with Crippen LogP contribution in [0.3, 0.4) is 0 Å². The number of nitrogens with two attached hydrogens (primary N) is 1. The van der Waals surface area contributed by atoms with Crippen molar-refractivity contribution in [2.45, 2.75) is 186 Å². The normalized spacial score (nSPS) is 19.8. The number of ketones is 1. The van der Waals surface area contributed by atoms with E-state index in [-0.39, 0.29) is 25.5 Å². The highest BCUT2D eigenvalue weighted by Crippen LogP contribution is 2.36. The molecule has 4 amide bonds. The molecular weight excluding hydrogens is 783 g/mol. The first-order valence-electron chi connectivity index (χ1n) is 23.2. The lowest BCUT2D eigenvalue weighted by Gasteiger charge is -2.52. The molecule has 15 nitrogen and oxygen atoms in total. The maximum Gasteiger partial charge on any atom is 0.407 e. The van der Waals surface area contributed by atoms with Crippen molar-refractivity contribution in [3.05, 3.63) is 35.9 Å². The number of Topliss-reactive ketones (excluding diaryl/α,β-unsaturated/α-hetero) is 1. The molecule has 0 spiro atoms. The Kier molecular flexibility index (Phi) is 28.2. The van der Waals surface area contributed by atoms with Crippen molar-refractivity contribution in [3.63, 3.8) is 0 Å². The maximum absolute atomic E-state index is 14.1. The minimum absolute atomic E-state index is 0.0118. The summed E-state index contributed by atoms with van der Waals surface area (Å²) in [6.07, 6.45) is 17.2. The molecule has 0 saturated carbocycles. The van der Waals surface area contributed by atoms with Gasteiger partial charge in [0.05, 0.1) is 25.8 Å². The Morgan fingerprint density at radius 2 is 1.15 bits per heavy atom. The van der Waals surface area contributed by atoms with Crippen molar-refractivity contribution in [2.24, 2.45) is 11.7 Å². The summed E-state index contributed by atoms with van der Waals surface area (Å²) in [6.45, 7) is 2.14. The zero-order valence-electron chi connectivity index (χ0n) is 37.2. The Morgan fingerprint density at radius 1 is 0.672 bits per heavy atom. The van der Waals surface area contributed by atoms with Gasteiger partial charge in [-0.05, 0) is 18.4 Å². The number of benzene rings is 1. The molecule has 0 unspecified atom stereocenters. The standard InChI is InChI=1S/C46H79N5O10/c1-3-5-7-9-11-13-14-15-17-19-21-26-30-51(41(56)29-25-20-18-16-12-10-8-6-4-2)46(47)42(44(58)43(57)38(34-52)61-46)37(53)31-48-39(54)32-49-40(55)33-50-45(59)60-35-36-27-23-22-24-28-36/h22-24,27-28,38,42-44,52,57-58H,3-21,25-26,29-35,47H2,1-2H3,(H,48,54)(H,49,55)(H,50,59)/t38-,42-,43-,44-,46+/m1/s1. The third-order valence-electron chi connectivity index (χ3n) is 11.3. The first-order valence-corrected chi connectivity index (χ1v) is 23.2. The molecule has 0 aliphatic carbocycles. The highest BCUT2D eigenvalue weighted by atomic mass is 16.6. The summed E-state index contributed by atoms with van der Waals surface area (Å²) in [5, 5.41) is 39.4. The lowest BCUT2D eigenvalue weighted by molar-refractivity contribution is -0.291. The fourth-order valence-corrected chi connectivity index (χ4v) is 7.70. The maximum atomic E-state index is 14.1. The number of aliphatic hydroxyl groups excluding tert-OH is 3. The van der Waals surface area contributed by atoms with Gasteiger partial charge in [0.2, 0.25) is 23.6 Å². The van der Waals surface area contributed by atoms with Gasteiger partial charge >= 0.3 is 6.09 Å². The summed E-state index contributed by atoms with van der Waals surface area (Å²) in [4.78, 5) is 66.2. The van der Waals surface area contributed by atoms with Crippen LogP contribution in [-0.2, 0) is 35.3 Å². The number of amides is 4. The number of unbranched alkanes of at least 4 members (excludes halogenated alkanes) is 19. The Labute approximate surface area is 364 Å². The van der Waals surface area contributed by atoms with Gasteiger partial charge in [-0.3, -0.25) is 24.9 Å². The van der Waals surface area contributed by atoms with Crippen LogP contribution >= 0.6 is 0 Å². The van der Waals surface area contributed by atoms with Crippen LogP contribution in [0.15, 0.2) is 30.3 Å². The zero-order valence-corrected chi connectivity index (χ0v) is 37.2. The first kappa shape index (κ1) is 53.5. The summed E-state index contributed by atoms with van der Waals surface area (Å²) in [5.41, 5.74) is 7.67. The van der Waals surface area contributed by atoms with Crippen molar-refractivity contribution >= 4 is 29.6 Å². The van der Waals surface area contributed by atoms with E-state index in [0.29, 0.717) is 12.8 Å². The van der Waals surface area contributed by atoms with Crippen LogP contribution in [0.2, 0.25) is 0 Å². The largest absolute Gasteiger partial charge is 0.445 e. The summed E-state index contributed by atoms with van der Waals surface area (Å²) >= 11 is 0. The van der Waals surface area contributed by atoms with Gasteiger partial charge in [-0.15, -0.1) is 0 Å². The minimum Gasteiger partial charge on any atom is -0.445 e. The van der Waals surface area contributed by atoms with E-state index in [1.807, 2.05) is 6.07 Å². The van der Waals surface area contributed by atoms with E-state index in [2.05, 4.69) is 29.8 Å². The molecule has 1 fully saturated rings. The number of nitrogens with zero attached hydrogens (tertiary/aromatic N) is 1. The van der Waals surface area contributed by atoms with Crippen LogP contribution in [0, 0.1) is 5.92 Å². The third kappa shape index (κ3) is 21.3. The number of aliphatic hydroxyl groups is 3. The first-order chi connectivity index (χ1) is 29.5. The highest BCUT2D eigenvalue weighted by Gasteiger charge is 2.58. The lowest BCUT2D eigenvalue weighted by Crippen LogP contribution is -2.75. The number of carbonyl (C=O) groups is 5. The van der Waals surface area contributed by atoms with E-state index in [1.165, 1.54) is 75.5 Å². The van der Waals surface area contributed by atoms with Crippen LogP contribution in [-0.4, -0.2) is 107 Å². The van der Waals surface area contributed by atoms with Crippen molar-refractivity contribution in [3.8, 4) is 0 Å². The molecule has 1 aromatic carbocycles. The number of nitrogens with one attached hydrogen (secondary N) is 3. The van der Waals surface area contributed by atoms with Gasteiger partial charge in [0, 0.05) is 13.0 Å². The quantitative estimate of drug-likeness (QED) is 0.0338. The topological polar surface area (TPSA) is 230 Å². The van der Waals surface area contributed by atoms with Gasteiger partial charge in [-0.25, -0.2) is 4.79 Å². The molecule has 0 radical (unpaired) electrons. The minimum atomic E-state index is -2.24.